The molecule has 1 atom stereocenters. The van der Waals surface area contributed by atoms with E-state index in [1.807, 2.05) is 17.9 Å². The molecule has 1 saturated heterocycles. The number of rotatable bonds is 6. The molecule has 4 N–H and O–H groups in total. The zero-order valence-electron chi connectivity index (χ0n) is 17.3. The van der Waals surface area contributed by atoms with E-state index < -0.39 is 11.7 Å². The predicted octanol–water partition coefficient (Wildman–Crippen LogP) is 3.91. The van der Waals surface area contributed by atoms with Gasteiger partial charge in [-0.1, -0.05) is 13.3 Å². The minimum Gasteiger partial charge on any atom is -0.398 e. The Hall–Kier alpha value is -2.75. The lowest BCUT2D eigenvalue weighted by Crippen LogP contribution is -2.35. The number of nitrogens with two attached hydrogens (primary N) is 1. The highest BCUT2D eigenvalue weighted by Crippen LogP contribution is 2.35. The molecule has 0 radical (unpaired) electrons. The molecule has 11 heteroatoms. The average molecular weight is 459 g/mol. The van der Waals surface area contributed by atoms with Gasteiger partial charge in [0.25, 0.3) is 0 Å². The zero-order valence-corrected chi connectivity index (χ0v) is 18.1. The Bertz CT molecular complexity index is 924. The summed E-state index contributed by atoms with van der Waals surface area (Å²) in [6, 6.07) is 5.54. The lowest BCUT2D eigenvalue weighted by molar-refractivity contribution is -0.136. The number of benzene rings is 1. The fourth-order valence-electron chi connectivity index (χ4n) is 3.47. The third-order valence-corrected chi connectivity index (χ3v) is 4.81. The summed E-state index contributed by atoms with van der Waals surface area (Å²) < 4.78 is 39.5. The van der Waals surface area contributed by atoms with E-state index in [1.165, 1.54) is 19.1 Å². The monoisotopic (exact) mass is 458 g/mol. The summed E-state index contributed by atoms with van der Waals surface area (Å²) in [5, 5.41) is 5.78. The van der Waals surface area contributed by atoms with Crippen molar-refractivity contribution < 1.29 is 18.0 Å². The normalized spacial score (nSPS) is 16.0. The molecule has 1 aliphatic rings. The van der Waals surface area contributed by atoms with Crippen molar-refractivity contribution in [3.05, 3.63) is 35.5 Å². The first-order chi connectivity index (χ1) is 14.2. The number of halogens is 4. The van der Waals surface area contributed by atoms with E-state index in [1.54, 1.807) is 0 Å². The molecule has 170 valence electrons. The van der Waals surface area contributed by atoms with Crippen LogP contribution in [0.2, 0.25) is 0 Å². The number of aromatic nitrogens is 2. The molecule has 0 aliphatic carbocycles. The Labute approximate surface area is 185 Å². The first kappa shape index (κ1) is 24.5. The quantitative estimate of drug-likeness (QED) is 0.568. The van der Waals surface area contributed by atoms with Crippen LogP contribution in [0.1, 0.15) is 37.9 Å². The second-order valence-corrected chi connectivity index (χ2v) is 7.35. The number of anilines is 4. The third kappa shape index (κ3) is 6.36. The molecule has 0 unspecified atom stereocenters. The number of amides is 1. The molecule has 1 amide bonds. The van der Waals surface area contributed by atoms with Gasteiger partial charge in [-0.25, -0.2) is 4.98 Å². The molecule has 1 fully saturated rings. The van der Waals surface area contributed by atoms with Crippen molar-refractivity contribution >= 4 is 41.5 Å². The van der Waals surface area contributed by atoms with E-state index >= 15 is 0 Å². The van der Waals surface area contributed by atoms with Gasteiger partial charge in [-0.05, 0) is 31.0 Å². The van der Waals surface area contributed by atoms with Gasteiger partial charge in [0, 0.05) is 49.2 Å². The van der Waals surface area contributed by atoms with Crippen LogP contribution in [0.4, 0.5) is 36.3 Å². The number of carbonyl (C=O) groups is 1. The van der Waals surface area contributed by atoms with Crippen molar-refractivity contribution in [2.24, 2.45) is 0 Å². The van der Waals surface area contributed by atoms with Crippen molar-refractivity contribution in [3.8, 4) is 0 Å². The van der Waals surface area contributed by atoms with Gasteiger partial charge in [0.05, 0.1) is 5.56 Å². The second kappa shape index (κ2) is 10.0. The maximum Gasteiger partial charge on any atom is 0.418 e. The number of carbonyl (C=O) groups excluding carboxylic acids is 1. The topological polar surface area (TPSA) is 96.2 Å². The summed E-state index contributed by atoms with van der Waals surface area (Å²) in [5.41, 5.74) is 5.22. The van der Waals surface area contributed by atoms with E-state index in [2.05, 4.69) is 20.6 Å². The Balaban J connectivity index is 0.00000341. The Morgan fingerprint density at radius 3 is 2.68 bits per heavy atom. The largest absolute Gasteiger partial charge is 0.418 e. The van der Waals surface area contributed by atoms with Crippen LogP contribution in [-0.4, -0.2) is 35.0 Å². The SMILES string of the molecule is CCCc1cc(N2CC[C@H](NC(C)=O)C2)nc(Nc2ccc(N)c(C(F)(F)F)c2)n1.Cl. The van der Waals surface area contributed by atoms with E-state index in [-0.39, 0.29) is 41.7 Å². The standard InChI is InChI=1S/C20H25F3N6O.ClH/c1-3-4-13-10-18(29-8-7-15(11-29)25-12(2)30)28-19(26-13)27-14-5-6-17(24)16(9-14)20(21,22)23;/h5-6,9-10,15H,3-4,7-8,11,24H2,1-2H3,(H,25,30)(H,26,27,28);1H/t15-;/m0./s1. The van der Waals surface area contributed by atoms with Gasteiger partial charge in [-0.2, -0.15) is 18.2 Å². The Morgan fingerprint density at radius 2 is 2.03 bits per heavy atom. The number of nitrogen functional groups attached to an aromatic ring is 1. The molecule has 2 aromatic rings. The molecular formula is C20H26ClF3N6O. The predicted molar refractivity (Wildman–Crippen MR) is 117 cm³/mol. The summed E-state index contributed by atoms with van der Waals surface area (Å²) in [5.74, 6) is 0.814. The van der Waals surface area contributed by atoms with Gasteiger partial charge in [-0.3, -0.25) is 4.79 Å². The van der Waals surface area contributed by atoms with E-state index in [0.29, 0.717) is 25.3 Å². The van der Waals surface area contributed by atoms with Crippen LogP contribution in [0.5, 0.6) is 0 Å². The lowest BCUT2D eigenvalue weighted by atomic mass is 10.1. The van der Waals surface area contributed by atoms with Gasteiger partial charge in [0.15, 0.2) is 0 Å². The molecule has 0 spiro atoms. The molecule has 1 aromatic carbocycles. The molecule has 0 saturated carbocycles. The highest BCUT2D eigenvalue weighted by atomic mass is 35.5. The maximum absolute atomic E-state index is 13.2. The molecule has 31 heavy (non-hydrogen) atoms. The second-order valence-electron chi connectivity index (χ2n) is 7.35. The minimum atomic E-state index is -4.55. The zero-order chi connectivity index (χ0) is 21.9. The Kier molecular flexibility index (Phi) is 7.94. The number of alkyl halides is 3. The maximum atomic E-state index is 13.2. The van der Waals surface area contributed by atoms with Crippen LogP contribution in [0, 0.1) is 0 Å². The highest BCUT2D eigenvalue weighted by Gasteiger charge is 2.33. The first-order valence-corrected chi connectivity index (χ1v) is 9.79. The fourth-order valence-corrected chi connectivity index (χ4v) is 3.47. The third-order valence-electron chi connectivity index (χ3n) is 4.81. The molecule has 2 heterocycles. The van der Waals surface area contributed by atoms with Crippen LogP contribution in [0.3, 0.4) is 0 Å². The smallest absolute Gasteiger partial charge is 0.398 e. The average Bonchev–Trinajstić information content (AvgIpc) is 3.10. The van der Waals surface area contributed by atoms with Gasteiger partial charge in [0.2, 0.25) is 11.9 Å². The molecule has 7 nitrogen and oxygen atoms in total. The first-order valence-electron chi connectivity index (χ1n) is 9.79. The van der Waals surface area contributed by atoms with E-state index in [4.69, 9.17) is 5.73 Å². The van der Waals surface area contributed by atoms with Crippen molar-refractivity contribution in [1.29, 1.82) is 0 Å². The van der Waals surface area contributed by atoms with Crippen LogP contribution in [0.15, 0.2) is 24.3 Å². The Morgan fingerprint density at radius 1 is 1.29 bits per heavy atom. The summed E-state index contributed by atoms with van der Waals surface area (Å²) in [6.45, 7) is 4.83. The summed E-state index contributed by atoms with van der Waals surface area (Å²) in [6.07, 6.45) is -2.18. The van der Waals surface area contributed by atoms with Gasteiger partial charge < -0.3 is 21.3 Å². The number of aryl methyl sites for hydroxylation is 1. The molecule has 3 rings (SSSR count). The summed E-state index contributed by atoms with van der Waals surface area (Å²) >= 11 is 0. The van der Waals surface area contributed by atoms with Crippen molar-refractivity contribution in [2.45, 2.75) is 45.3 Å². The molecular weight excluding hydrogens is 433 g/mol. The van der Waals surface area contributed by atoms with Gasteiger partial charge >= 0.3 is 6.18 Å². The van der Waals surface area contributed by atoms with Crippen molar-refractivity contribution in [3.63, 3.8) is 0 Å². The van der Waals surface area contributed by atoms with Crippen molar-refractivity contribution in [2.75, 3.05) is 29.0 Å². The van der Waals surface area contributed by atoms with Crippen LogP contribution >= 0.6 is 12.4 Å². The molecule has 1 aliphatic heterocycles. The number of nitrogens with zero attached hydrogens (tertiary/aromatic N) is 3. The van der Waals surface area contributed by atoms with Crippen molar-refractivity contribution in [1.82, 2.24) is 15.3 Å². The van der Waals surface area contributed by atoms with Crippen LogP contribution in [0.25, 0.3) is 0 Å². The van der Waals surface area contributed by atoms with Gasteiger partial charge in [-0.15, -0.1) is 12.4 Å². The summed E-state index contributed by atoms with van der Waals surface area (Å²) in [4.78, 5) is 22.3. The van der Waals surface area contributed by atoms with Crippen LogP contribution < -0.4 is 21.3 Å². The molecule has 1 aromatic heterocycles. The van der Waals surface area contributed by atoms with Gasteiger partial charge in [0.1, 0.15) is 5.82 Å². The minimum absolute atomic E-state index is 0. The summed E-state index contributed by atoms with van der Waals surface area (Å²) in [7, 11) is 0. The highest BCUT2D eigenvalue weighted by molar-refractivity contribution is 5.85. The van der Waals surface area contributed by atoms with E-state index in [9.17, 15) is 18.0 Å². The van der Waals surface area contributed by atoms with Crippen LogP contribution in [-0.2, 0) is 17.4 Å². The van der Waals surface area contributed by atoms with E-state index in [0.717, 1.165) is 24.6 Å². The number of nitrogens with one attached hydrogen (secondary N) is 2. The fraction of sp³-hybridized carbons (Fsp3) is 0.450. The number of hydrogen-bond donors (Lipinski definition) is 3. The molecule has 0 bridgehead atoms. The number of hydrogen-bond acceptors (Lipinski definition) is 6. The lowest BCUT2D eigenvalue weighted by Gasteiger charge is -2.20.